The lowest BCUT2D eigenvalue weighted by molar-refractivity contribution is -0.111. The van der Waals surface area contributed by atoms with Gasteiger partial charge in [-0.1, -0.05) is 57.2 Å². The highest BCUT2D eigenvalue weighted by Crippen LogP contribution is 2.22. The fraction of sp³-hybridized carbons (Fsp3) is 0.286. The van der Waals surface area contributed by atoms with Crippen molar-refractivity contribution < 1.29 is 9.90 Å². The molecule has 126 valence electrons. The van der Waals surface area contributed by atoms with Gasteiger partial charge in [-0.3, -0.25) is 4.79 Å². The molecule has 0 aromatic heterocycles. The van der Waals surface area contributed by atoms with E-state index in [4.69, 9.17) is 0 Å². The molecule has 2 aromatic carbocycles. The van der Waals surface area contributed by atoms with Gasteiger partial charge in [-0.25, -0.2) is 0 Å². The van der Waals surface area contributed by atoms with E-state index >= 15 is 0 Å². The first kappa shape index (κ1) is 18.0. The summed E-state index contributed by atoms with van der Waals surface area (Å²) in [7, 11) is 0. The Labute approximate surface area is 144 Å². The highest BCUT2D eigenvalue weighted by atomic mass is 16.3. The first-order chi connectivity index (χ1) is 11.3. The summed E-state index contributed by atoms with van der Waals surface area (Å²) in [6.45, 7) is 8.22. The molecule has 0 aliphatic heterocycles. The Morgan fingerprint density at radius 1 is 1.12 bits per heavy atom. The molecule has 0 aliphatic rings. The van der Waals surface area contributed by atoms with Gasteiger partial charge in [0.05, 0.1) is 6.10 Å². The van der Waals surface area contributed by atoms with E-state index < -0.39 is 6.10 Å². The molecule has 2 N–H and O–H groups in total. The van der Waals surface area contributed by atoms with Crippen molar-refractivity contribution in [2.75, 3.05) is 5.32 Å². The summed E-state index contributed by atoms with van der Waals surface area (Å²) >= 11 is 0. The molecular formula is C21H25NO2. The summed E-state index contributed by atoms with van der Waals surface area (Å²) in [6.07, 6.45) is 2.75. The molecule has 1 atom stereocenters. The van der Waals surface area contributed by atoms with Crippen molar-refractivity contribution >= 4 is 17.7 Å². The number of hydrogen-bond acceptors (Lipinski definition) is 2. The second-order valence-electron chi connectivity index (χ2n) is 7.00. The molecule has 0 bridgehead atoms. The van der Waals surface area contributed by atoms with Crippen molar-refractivity contribution in [2.24, 2.45) is 0 Å². The van der Waals surface area contributed by atoms with Crippen LogP contribution in [0.25, 0.3) is 6.08 Å². The highest BCUT2D eigenvalue weighted by molar-refractivity contribution is 6.01. The van der Waals surface area contributed by atoms with Gasteiger partial charge in [0.2, 0.25) is 5.91 Å². The molecule has 0 fully saturated rings. The van der Waals surface area contributed by atoms with Gasteiger partial charge in [0.1, 0.15) is 0 Å². The van der Waals surface area contributed by atoms with Crippen LogP contribution in [0.1, 0.15) is 50.5 Å². The summed E-state index contributed by atoms with van der Waals surface area (Å²) in [4.78, 5) is 12.0. The largest absolute Gasteiger partial charge is 0.389 e. The van der Waals surface area contributed by atoms with E-state index in [1.165, 1.54) is 11.6 Å². The summed E-state index contributed by atoms with van der Waals surface area (Å²) in [5, 5.41) is 12.4. The Bertz CT molecular complexity index is 722. The number of hydrogen-bond donors (Lipinski definition) is 2. The first-order valence-corrected chi connectivity index (χ1v) is 8.13. The van der Waals surface area contributed by atoms with Crippen LogP contribution < -0.4 is 5.32 Å². The lowest BCUT2D eigenvalue weighted by Crippen LogP contribution is -2.10. The molecule has 2 rings (SSSR count). The van der Waals surface area contributed by atoms with Crippen LogP contribution in [0.3, 0.4) is 0 Å². The third-order valence-electron chi connectivity index (χ3n) is 3.84. The minimum Gasteiger partial charge on any atom is -0.389 e. The average molecular weight is 323 g/mol. The van der Waals surface area contributed by atoms with Crippen LogP contribution in [0.5, 0.6) is 0 Å². The van der Waals surface area contributed by atoms with Crippen LogP contribution in [-0.4, -0.2) is 11.0 Å². The molecular weight excluding hydrogens is 298 g/mol. The summed E-state index contributed by atoms with van der Waals surface area (Å²) in [6, 6.07) is 15.4. The van der Waals surface area contributed by atoms with E-state index in [0.717, 1.165) is 11.1 Å². The van der Waals surface area contributed by atoms with Gasteiger partial charge in [-0.15, -0.1) is 0 Å². The Hall–Kier alpha value is -2.39. The highest BCUT2D eigenvalue weighted by Gasteiger charge is 2.12. The summed E-state index contributed by atoms with van der Waals surface area (Å²) in [5.74, 6) is -0.197. The quantitative estimate of drug-likeness (QED) is 0.802. The molecule has 3 heteroatoms. The minimum atomic E-state index is -0.557. The van der Waals surface area contributed by atoms with Gasteiger partial charge < -0.3 is 10.4 Å². The van der Waals surface area contributed by atoms with Crippen LogP contribution in [0.4, 0.5) is 5.69 Å². The van der Waals surface area contributed by atoms with E-state index in [9.17, 15) is 9.90 Å². The van der Waals surface area contributed by atoms with Crippen molar-refractivity contribution in [1.29, 1.82) is 0 Å². The number of anilines is 1. The van der Waals surface area contributed by atoms with E-state index in [2.05, 4.69) is 38.2 Å². The van der Waals surface area contributed by atoms with Crippen molar-refractivity contribution in [2.45, 2.75) is 39.2 Å². The second-order valence-corrected chi connectivity index (χ2v) is 7.00. The van der Waals surface area contributed by atoms with Crippen molar-refractivity contribution in [1.82, 2.24) is 0 Å². The SMILES string of the molecule is CC(O)c1cccc(NC(=O)/C=C/c2ccc(C(C)(C)C)cc2)c1. The predicted octanol–water partition coefficient (Wildman–Crippen LogP) is 4.69. The number of aliphatic hydroxyl groups excluding tert-OH is 1. The topological polar surface area (TPSA) is 49.3 Å². The maximum Gasteiger partial charge on any atom is 0.248 e. The molecule has 24 heavy (non-hydrogen) atoms. The number of rotatable bonds is 4. The molecule has 3 nitrogen and oxygen atoms in total. The fourth-order valence-electron chi connectivity index (χ4n) is 2.33. The van der Waals surface area contributed by atoms with Gasteiger partial charge in [-0.2, -0.15) is 0 Å². The molecule has 0 saturated carbocycles. The van der Waals surface area contributed by atoms with Crippen LogP contribution in [0.2, 0.25) is 0 Å². The second kappa shape index (κ2) is 7.45. The van der Waals surface area contributed by atoms with Crippen molar-refractivity contribution in [3.8, 4) is 0 Å². The third-order valence-corrected chi connectivity index (χ3v) is 3.84. The zero-order valence-corrected chi connectivity index (χ0v) is 14.7. The standard InChI is InChI=1S/C21H25NO2/c1-15(23)17-6-5-7-19(14-17)22-20(24)13-10-16-8-11-18(12-9-16)21(2,3)4/h5-15,23H,1-4H3,(H,22,24)/b13-10+. The van der Waals surface area contributed by atoms with E-state index in [1.807, 2.05) is 24.3 Å². The van der Waals surface area contributed by atoms with Gasteiger partial charge in [0.15, 0.2) is 0 Å². The molecule has 2 aromatic rings. The Balaban J connectivity index is 2.01. The zero-order chi connectivity index (χ0) is 17.7. The normalized spacial score (nSPS) is 13.0. The number of aliphatic hydroxyl groups is 1. The molecule has 0 aliphatic carbocycles. The molecule has 0 radical (unpaired) electrons. The summed E-state index contributed by atoms with van der Waals surface area (Å²) in [5.41, 5.74) is 3.81. The molecule has 0 saturated heterocycles. The minimum absolute atomic E-state index is 0.120. The Kier molecular flexibility index (Phi) is 5.58. The van der Waals surface area contributed by atoms with Crippen LogP contribution >= 0.6 is 0 Å². The average Bonchev–Trinajstić information content (AvgIpc) is 2.53. The molecule has 0 spiro atoms. The van der Waals surface area contributed by atoms with Crippen molar-refractivity contribution in [3.05, 3.63) is 71.3 Å². The van der Waals surface area contributed by atoms with E-state index in [1.54, 1.807) is 25.1 Å². The molecule has 1 amide bonds. The predicted molar refractivity (Wildman–Crippen MR) is 99.9 cm³/mol. The third kappa shape index (κ3) is 5.07. The van der Waals surface area contributed by atoms with E-state index in [-0.39, 0.29) is 11.3 Å². The lowest BCUT2D eigenvalue weighted by Gasteiger charge is -2.18. The van der Waals surface area contributed by atoms with E-state index in [0.29, 0.717) is 5.69 Å². The van der Waals surface area contributed by atoms with Gasteiger partial charge in [0.25, 0.3) is 0 Å². The van der Waals surface area contributed by atoms with Gasteiger partial charge in [0, 0.05) is 11.8 Å². The van der Waals surface area contributed by atoms with Crippen LogP contribution in [-0.2, 0) is 10.2 Å². The Morgan fingerprint density at radius 2 is 1.79 bits per heavy atom. The maximum absolute atomic E-state index is 12.0. The number of benzene rings is 2. The van der Waals surface area contributed by atoms with Crippen LogP contribution in [0.15, 0.2) is 54.6 Å². The monoisotopic (exact) mass is 323 g/mol. The molecule has 1 unspecified atom stereocenters. The lowest BCUT2D eigenvalue weighted by atomic mass is 9.87. The fourth-order valence-corrected chi connectivity index (χ4v) is 2.33. The van der Waals surface area contributed by atoms with Gasteiger partial charge >= 0.3 is 0 Å². The summed E-state index contributed by atoms with van der Waals surface area (Å²) < 4.78 is 0. The first-order valence-electron chi connectivity index (χ1n) is 8.13. The number of amides is 1. The van der Waals surface area contributed by atoms with Crippen LogP contribution in [0, 0.1) is 0 Å². The number of nitrogens with one attached hydrogen (secondary N) is 1. The maximum atomic E-state index is 12.0. The molecule has 0 heterocycles. The number of carbonyl (C=O) groups is 1. The zero-order valence-electron chi connectivity index (χ0n) is 14.7. The number of carbonyl (C=O) groups excluding carboxylic acids is 1. The van der Waals surface area contributed by atoms with Crippen molar-refractivity contribution in [3.63, 3.8) is 0 Å². The Morgan fingerprint density at radius 3 is 2.38 bits per heavy atom. The van der Waals surface area contributed by atoms with Gasteiger partial charge in [-0.05, 0) is 47.2 Å². The smallest absolute Gasteiger partial charge is 0.248 e.